The average molecular weight is 473 g/mol. The lowest BCUT2D eigenvalue weighted by atomic mass is 10.1. The lowest BCUT2D eigenvalue weighted by molar-refractivity contribution is 0.171. The average Bonchev–Trinajstić information content (AvgIpc) is 3.50. The van der Waals surface area contributed by atoms with Crippen molar-refractivity contribution in [2.75, 3.05) is 32.8 Å². The number of likely N-dealkylation sites (tertiary alicyclic amines) is 1. The Kier molecular flexibility index (Phi) is 6.08. The summed E-state index contributed by atoms with van der Waals surface area (Å²) < 4.78 is 26.6. The van der Waals surface area contributed by atoms with E-state index in [9.17, 15) is 4.39 Å². The standard InChI is InChI=1S/C28H29FN4O2/c29-23-12-14-32(19-23)13-2-3-20-6-8-21(9-7-20)17-27-30-28-5-1-4-24(33(28)31-27)22-10-11-25-26(18-22)35-16-15-34-25/h1,4-11,18,23H,2-3,12-17,19H2/t23-/m0/s1. The highest BCUT2D eigenvalue weighted by Gasteiger charge is 2.20. The molecule has 2 aliphatic rings. The number of alkyl halides is 1. The van der Waals surface area contributed by atoms with Gasteiger partial charge in [0, 0.05) is 25.1 Å². The van der Waals surface area contributed by atoms with E-state index in [0.29, 0.717) is 32.6 Å². The minimum absolute atomic E-state index is 0.560. The molecule has 0 saturated carbocycles. The van der Waals surface area contributed by atoms with Gasteiger partial charge < -0.3 is 14.4 Å². The first-order chi connectivity index (χ1) is 17.2. The molecule has 0 N–H and O–H groups in total. The van der Waals surface area contributed by atoms with Crippen molar-refractivity contribution in [1.29, 1.82) is 0 Å². The summed E-state index contributed by atoms with van der Waals surface area (Å²) in [6.45, 7) is 3.60. The first-order valence-corrected chi connectivity index (χ1v) is 12.4. The summed E-state index contributed by atoms with van der Waals surface area (Å²) in [6, 6.07) is 20.7. The SMILES string of the molecule is F[C@H]1CCN(CCCc2ccc(Cc3nc4cccc(-c5ccc6c(c5)OCCO6)n4n3)cc2)C1. The molecule has 2 aromatic heterocycles. The van der Waals surface area contributed by atoms with E-state index in [1.165, 1.54) is 11.1 Å². The first-order valence-electron chi connectivity index (χ1n) is 12.4. The van der Waals surface area contributed by atoms with Crippen molar-refractivity contribution >= 4 is 5.65 Å². The predicted molar refractivity (Wildman–Crippen MR) is 133 cm³/mol. The van der Waals surface area contributed by atoms with Gasteiger partial charge in [-0.25, -0.2) is 13.9 Å². The second-order valence-electron chi connectivity index (χ2n) is 9.35. The van der Waals surface area contributed by atoms with Crippen molar-refractivity contribution in [2.24, 2.45) is 0 Å². The number of rotatable bonds is 7. The molecule has 0 spiro atoms. The molecule has 7 heteroatoms. The number of hydrogen-bond acceptors (Lipinski definition) is 5. The second kappa shape index (κ2) is 9.66. The number of pyridine rings is 1. The molecular weight excluding hydrogens is 443 g/mol. The van der Waals surface area contributed by atoms with E-state index in [1.54, 1.807) is 0 Å². The van der Waals surface area contributed by atoms with Gasteiger partial charge in [-0.15, -0.1) is 0 Å². The topological polar surface area (TPSA) is 51.9 Å². The van der Waals surface area contributed by atoms with Crippen LogP contribution in [0.2, 0.25) is 0 Å². The van der Waals surface area contributed by atoms with Gasteiger partial charge in [-0.1, -0.05) is 30.3 Å². The Labute approximate surface area is 204 Å². The largest absolute Gasteiger partial charge is 0.486 e. The van der Waals surface area contributed by atoms with Crippen LogP contribution in [0.25, 0.3) is 16.9 Å². The van der Waals surface area contributed by atoms with Gasteiger partial charge in [-0.05, 0) is 67.3 Å². The van der Waals surface area contributed by atoms with E-state index in [2.05, 4.69) is 29.2 Å². The molecule has 0 unspecified atom stereocenters. The van der Waals surface area contributed by atoms with Crippen LogP contribution in [0.1, 0.15) is 29.8 Å². The van der Waals surface area contributed by atoms with Crippen molar-refractivity contribution in [3.05, 3.63) is 77.6 Å². The molecule has 6 rings (SSSR count). The fourth-order valence-electron chi connectivity index (χ4n) is 4.95. The first kappa shape index (κ1) is 22.0. The summed E-state index contributed by atoms with van der Waals surface area (Å²) in [4.78, 5) is 6.99. The van der Waals surface area contributed by atoms with Crippen molar-refractivity contribution in [2.45, 2.75) is 31.9 Å². The van der Waals surface area contributed by atoms with Crippen molar-refractivity contribution in [1.82, 2.24) is 19.5 Å². The number of aryl methyl sites for hydroxylation is 1. The second-order valence-corrected chi connectivity index (χ2v) is 9.35. The molecule has 2 aromatic carbocycles. The maximum absolute atomic E-state index is 13.3. The number of hydrogen-bond donors (Lipinski definition) is 0. The van der Waals surface area contributed by atoms with Crippen molar-refractivity contribution in [3.8, 4) is 22.8 Å². The molecule has 35 heavy (non-hydrogen) atoms. The molecule has 4 aromatic rings. The van der Waals surface area contributed by atoms with Crippen molar-refractivity contribution < 1.29 is 13.9 Å². The molecule has 0 amide bonds. The van der Waals surface area contributed by atoms with Crippen LogP contribution in [0.5, 0.6) is 11.5 Å². The quantitative estimate of drug-likeness (QED) is 0.389. The highest BCUT2D eigenvalue weighted by Crippen LogP contribution is 2.34. The fraction of sp³-hybridized carbons (Fsp3) is 0.357. The van der Waals surface area contributed by atoms with Gasteiger partial charge in [0.25, 0.3) is 0 Å². The smallest absolute Gasteiger partial charge is 0.162 e. The Hall–Kier alpha value is -3.45. The van der Waals surface area contributed by atoms with Crippen molar-refractivity contribution in [3.63, 3.8) is 0 Å². The fourth-order valence-corrected chi connectivity index (χ4v) is 4.95. The number of aromatic nitrogens is 3. The van der Waals surface area contributed by atoms with E-state index in [4.69, 9.17) is 19.6 Å². The minimum Gasteiger partial charge on any atom is -0.486 e. The Bertz CT molecular complexity index is 1320. The van der Waals surface area contributed by atoms with Gasteiger partial charge in [0.15, 0.2) is 23.0 Å². The van der Waals surface area contributed by atoms with Crippen LogP contribution in [0.3, 0.4) is 0 Å². The zero-order valence-electron chi connectivity index (χ0n) is 19.7. The van der Waals surface area contributed by atoms with Gasteiger partial charge in [0.1, 0.15) is 19.4 Å². The van der Waals surface area contributed by atoms with Gasteiger partial charge in [-0.3, -0.25) is 0 Å². The molecule has 0 radical (unpaired) electrons. The van der Waals surface area contributed by atoms with E-state index in [1.807, 2.05) is 40.9 Å². The van der Waals surface area contributed by atoms with Gasteiger partial charge in [0.2, 0.25) is 0 Å². The molecule has 6 nitrogen and oxygen atoms in total. The number of halogens is 1. The normalized spacial score (nSPS) is 17.8. The maximum atomic E-state index is 13.3. The Morgan fingerprint density at radius 1 is 0.943 bits per heavy atom. The highest BCUT2D eigenvalue weighted by atomic mass is 19.1. The van der Waals surface area contributed by atoms with Crippen LogP contribution in [0.4, 0.5) is 4.39 Å². The molecule has 4 heterocycles. The predicted octanol–water partition coefficient (Wildman–Crippen LogP) is 4.73. The Balaban J connectivity index is 1.14. The molecule has 1 atom stereocenters. The number of benzene rings is 2. The number of fused-ring (bicyclic) bond motifs is 2. The Morgan fingerprint density at radius 3 is 2.60 bits per heavy atom. The van der Waals surface area contributed by atoms with Crippen LogP contribution in [-0.2, 0) is 12.8 Å². The lowest BCUT2D eigenvalue weighted by Crippen LogP contribution is -2.22. The van der Waals surface area contributed by atoms with Gasteiger partial charge in [0.05, 0.1) is 5.69 Å². The Morgan fingerprint density at radius 2 is 1.77 bits per heavy atom. The van der Waals surface area contributed by atoms with Crippen LogP contribution in [0, 0.1) is 0 Å². The minimum atomic E-state index is -0.639. The molecule has 1 saturated heterocycles. The summed E-state index contributed by atoms with van der Waals surface area (Å²) in [5.41, 5.74) is 5.29. The maximum Gasteiger partial charge on any atom is 0.162 e. The van der Waals surface area contributed by atoms with Crippen LogP contribution >= 0.6 is 0 Å². The number of ether oxygens (including phenoxy) is 2. The summed E-state index contributed by atoms with van der Waals surface area (Å²) >= 11 is 0. The molecular formula is C28H29FN4O2. The zero-order valence-corrected chi connectivity index (χ0v) is 19.7. The molecule has 0 bridgehead atoms. The van der Waals surface area contributed by atoms with E-state index in [-0.39, 0.29) is 0 Å². The monoisotopic (exact) mass is 472 g/mol. The molecule has 0 aliphatic carbocycles. The third-order valence-corrected chi connectivity index (χ3v) is 6.78. The molecule has 2 aliphatic heterocycles. The summed E-state index contributed by atoms with van der Waals surface area (Å²) in [5.74, 6) is 2.33. The van der Waals surface area contributed by atoms with E-state index >= 15 is 0 Å². The zero-order chi connectivity index (χ0) is 23.6. The third kappa shape index (κ3) is 4.86. The highest BCUT2D eigenvalue weighted by molar-refractivity contribution is 5.66. The van der Waals surface area contributed by atoms with Crippen LogP contribution in [0.15, 0.2) is 60.7 Å². The van der Waals surface area contributed by atoms with Gasteiger partial charge >= 0.3 is 0 Å². The van der Waals surface area contributed by atoms with Crippen LogP contribution in [-0.4, -0.2) is 58.5 Å². The van der Waals surface area contributed by atoms with Gasteiger partial charge in [-0.2, -0.15) is 5.10 Å². The van der Waals surface area contributed by atoms with E-state index < -0.39 is 6.17 Å². The molecule has 180 valence electrons. The molecule has 1 fully saturated rings. The van der Waals surface area contributed by atoms with Crippen LogP contribution < -0.4 is 9.47 Å². The third-order valence-electron chi connectivity index (χ3n) is 6.78. The summed E-state index contributed by atoms with van der Waals surface area (Å²) in [5, 5.41) is 4.82. The summed E-state index contributed by atoms with van der Waals surface area (Å²) in [6.07, 6.45) is 2.79. The summed E-state index contributed by atoms with van der Waals surface area (Å²) in [7, 11) is 0. The number of nitrogens with zero attached hydrogens (tertiary/aromatic N) is 4. The van der Waals surface area contributed by atoms with E-state index in [0.717, 1.165) is 60.2 Å². The lowest BCUT2D eigenvalue weighted by Gasteiger charge is -2.19.